The van der Waals surface area contributed by atoms with E-state index in [1.54, 1.807) is 4.57 Å². The van der Waals surface area contributed by atoms with Gasteiger partial charge in [0.25, 0.3) is 5.56 Å². The minimum atomic E-state index is -0.0781. The van der Waals surface area contributed by atoms with Gasteiger partial charge in [-0.05, 0) is 13.0 Å². The first kappa shape index (κ1) is 10.0. The van der Waals surface area contributed by atoms with Gasteiger partial charge in [-0.1, -0.05) is 23.8 Å². The van der Waals surface area contributed by atoms with Gasteiger partial charge < -0.3 is 5.32 Å². The molecular formula is C12H12N4O. The van der Waals surface area contributed by atoms with Gasteiger partial charge in [0.15, 0.2) is 5.69 Å². The number of nitrogens with zero attached hydrogens (tertiary/aromatic N) is 3. The van der Waals surface area contributed by atoms with Crippen LogP contribution >= 0.6 is 0 Å². The Bertz CT molecular complexity index is 633. The highest BCUT2D eigenvalue weighted by Gasteiger charge is 2.17. The summed E-state index contributed by atoms with van der Waals surface area (Å²) in [6.07, 6.45) is 0. The number of hydrogen-bond donors (Lipinski definition) is 1. The van der Waals surface area contributed by atoms with Gasteiger partial charge in [0, 0.05) is 18.7 Å². The number of aromatic nitrogens is 3. The minimum Gasteiger partial charge on any atom is -0.352 e. The molecule has 0 fully saturated rings. The summed E-state index contributed by atoms with van der Waals surface area (Å²) in [6, 6.07) is 7.74. The zero-order valence-corrected chi connectivity index (χ0v) is 9.47. The van der Waals surface area contributed by atoms with Crippen LogP contribution in [0.3, 0.4) is 0 Å². The van der Waals surface area contributed by atoms with E-state index in [-0.39, 0.29) is 5.56 Å². The minimum absolute atomic E-state index is 0.0781. The molecule has 2 aromatic rings. The summed E-state index contributed by atoms with van der Waals surface area (Å²) in [5, 5.41) is 11.1. The summed E-state index contributed by atoms with van der Waals surface area (Å²) in [5.74, 6) is 0.561. The highest BCUT2D eigenvalue weighted by Crippen LogP contribution is 2.15. The van der Waals surface area contributed by atoms with Crippen molar-refractivity contribution in [2.45, 2.75) is 13.5 Å². The van der Waals surface area contributed by atoms with E-state index < -0.39 is 0 Å². The molecule has 0 radical (unpaired) electrons. The van der Waals surface area contributed by atoms with E-state index in [4.69, 9.17) is 0 Å². The van der Waals surface area contributed by atoms with Gasteiger partial charge in [-0.25, -0.2) is 0 Å². The van der Waals surface area contributed by atoms with E-state index >= 15 is 0 Å². The lowest BCUT2D eigenvalue weighted by molar-refractivity contribution is 0.743. The molecule has 0 bridgehead atoms. The standard InChI is InChI=1S/C12H12N4O/c1-8-3-2-4-9(7-8)10-11(17)16-6-5-13-12(16)15-14-10/h2-4,7H,5-6H2,1H3,(H,13,15). The number of nitrogens with one attached hydrogen (secondary N) is 1. The van der Waals surface area contributed by atoms with Crippen molar-refractivity contribution < 1.29 is 0 Å². The number of benzene rings is 1. The average molecular weight is 228 g/mol. The van der Waals surface area contributed by atoms with Crippen molar-refractivity contribution in [1.82, 2.24) is 14.8 Å². The van der Waals surface area contributed by atoms with E-state index in [1.807, 2.05) is 31.2 Å². The normalized spacial score (nSPS) is 13.2. The Kier molecular flexibility index (Phi) is 2.18. The highest BCUT2D eigenvalue weighted by molar-refractivity contribution is 5.59. The van der Waals surface area contributed by atoms with E-state index in [1.165, 1.54) is 0 Å². The molecule has 0 unspecified atom stereocenters. The van der Waals surface area contributed by atoms with E-state index in [0.717, 1.165) is 17.7 Å². The van der Waals surface area contributed by atoms with Gasteiger partial charge in [0.05, 0.1) is 0 Å². The first-order valence-corrected chi connectivity index (χ1v) is 5.54. The molecule has 0 spiro atoms. The summed E-state index contributed by atoms with van der Waals surface area (Å²) >= 11 is 0. The van der Waals surface area contributed by atoms with Crippen molar-refractivity contribution in [3.63, 3.8) is 0 Å². The van der Waals surface area contributed by atoms with Crippen LogP contribution in [0.15, 0.2) is 29.1 Å². The number of fused-ring (bicyclic) bond motifs is 1. The van der Waals surface area contributed by atoms with Crippen LogP contribution in [0, 0.1) is 6.92 Å². The van der Waals surface area contributed by atoms with Crippen molar-refractivity contribution in [2.24, 2.45) is 0 Å². The van der Waals surface area contributed by atoms with Gasteiger partial charge >= 0.3 is 0 Å². The first-order valence-electron chi connectivity index (χ1n) is 5.54. The third-order valence-corrected chi connectivity index (χ3v) is 2.86. The number of aryl methyl sites for hydroxylation is 1. The molecular weight excluding hydrogens is 216 g/mol. The van der Waals surface area contributed by atoms with Crippen molar-refractivity contribution in [2.75, 3.05) is 11.9 Å². The van der Waals surface area contributed by atoms with Crippen molar-refractivity contribution in [3.05, 3.63) is 40.2 Å². The topological polar surface area (TPSA) is 59.8 Å². The molecule has 86 valence electrons. The second kappa shape index (κ2) is 3.69. The molecule has 0 saturated heterocycles. The largest absolute Gasteiger partial charge is 0.352 e. The molecule has 3 rings (SSSR count). The third kappa shape index (κ3) is 1.60. The lowest BCUT2D eigenvalue weighted by atomic mass is 10.1. The molecule has 5 nitrogen and oxygen atoms in total. The van der Waals surface area contributed by atoms with Gasteiger partial charge in [-0.2, -0.15) is 0 Å². The lowest BCUT2D eigenvalue weighted by Crippen LogP contribution is -2.22. The van der Waals surface area contributed by atoms with E-state index in [2.05, 4.69) is 15.5 Å². The molecule has 1 aliphatic rings. The van der Waals surface area contributed by atoms with Crippen LogP contribution in [0.5, 0.6) is 0 Å². The maximum atomic E-state index is 12.2. The fourth-order valence-corrected chi connectivity index (χ4v) is 2.01. The van der Waals surface area contributed by atoms with Gasteiger partial charge in [0.2, 0.25) is 5.95 Å². The monoisotopic (exact) mass is 228 g/mol. The number of hydrogen-bond acceptors (Lipinski definition) is 4. The number of anilines is 1. The van der Waals surface area contributed by atoms with Crippen LogP contribution in [0.1, 0.15) is 5.56 Å². The van der Waals surface area contributed by atoms with E-state index in [0.29, 0.717) is 18.2 Å². The van der Waals surface area contributed by atoms with Gasteiger partial charge in [0.1, 0.15) is 0 Å². The Morgan fingerprint density at radius 1 is 1.35 bits per heavy atom. The van der Waals surface area contributed by atoms with Crippen LogP contribution in [-0.4, -0.2) is 21.3 Å². The maximum absolute atomic E-state index is 12.2. The predicted molar refractivity (Wildman–Crippen MR) is 65.0 cm³/mol. The second-order valence-corrected chi connectivity index (χ2v) is 4.13. The molecule has 5 heteroatoms. The zero-order valence-electron chi connectivity index (χ0n) is 9.47. The summed E-state index contributed by atoms with van der Waals surface area (Å²) in [5.41, 5.74) is 2.27. The molecule has 17 heavy (non-hydrogen) atoms. The molecule has 1 aliphatic heterocycles. The molecule has 0 aliphatic carbocycles. The number of rotatable bonds is 1. The van der Waals surface area contributed by atoms with Crippen molar-refractivity contribution >= 4 is 5.95 Å². The summed E-state index contributed by atoms with van der Waals surface area (Å²) in [7, 11) is 0. The van der Waals surface area contributed by atoms with Gasteiger partial charge in [-0.15, -0.1) is 10.2 Å². The van der Waals surface area contributed by atoms with Crippen LogP contribution in [-0.2, 0) is 6.54 Å². The average Bonchev–Trinajstić information content (AvgIpc) is 2.78. The summed E-state index contributed by atoms with van der Waals surface area (Å²) in [6.45, 7) is 3.38. The molecule has 0 atom stereocenters. The molecule has 1 N–H and O–H groups in total. The summed E-state index contributed by atoms with van der Waals surface area (Å²) < 4.78 is 1.63. The second-order valence-electron chi connectivity index (χ2n) is 4.13. The quantitative estimate of drug-likeness (QED) is 0.792. The Morgan fingerprint density at radius 2 is 2.24 bits per heavy atom. The van der Waals surface area contributed by atoms with Crippen molar-refractivity contribution in [1.29, 1.82) is 0 Å². The van der Waals surface area contributed by atoms with Crippen molar-refractivity contribution in [3.8, 4) is 11.3 Å². The fourth-order valence-electron chi connectivity index (χ4n) is 2.01. The SMILES string of the molecule is Cc1cccc(-c2nnc3n(c2=O)CCN3)c1. The molecule has 0 saturated carbocycles. The third-order valence-electron chi connectivity index (χ3n) is 2.86. The maximum Gasteiger partial charge on any atom is 0.281 e. The first-order chi connectivity index (χ1) is 8.25. The smallest absolute Gasteiger partial charge is 0.281 e. The van der Waals surface area contributed by atoms with Gasteiger partial charge in [-0.3, -0.25) is 9.36 Å². The zero-order chi connectivity index (χ0) is 11.8. The van der Waals surface area contributed by atoms with Crippen LogP contribution in [0.25, 0.3) is 11.3 Å². The summed E-state index contributed by atoms with van der Waals surface area (Å²) in [4.78, 5) is 12.2. The Labute approximate surface area is 98.1 Å². The molecule has 1 aromatic heterocycles. The Balaban J connectivity index is 2.20. The Hall–Kier alpha value is -2.17. The molecule has 1 aromatic carbocycles. The molecule has 2 heterocycles. The molecule has 0 amide bonds. The lowest BCUT2D eigenvalue weighted by Gasteiger charge is -2.04. The van der Waals surface area contributed by atoms with Crippen LogP contribution < -0.4 is 10.9 Å². The van der Waals surface area contributed by atoms with Crippen LogP contribution in [0.2, 0.25) is 0 Å². The Morgan fingerprint density at radius 3 is 3.06 bits per heavy atom. The highest BCUT2D eigenvalue weighted by atomic mass is 16.1. The van der Waals surface area contributed by atoms with Crippen LogP contribution in [0.4, 0.5) is 5.95 Å². The fraction of sp³-hybridized carbons (Fsp3) is 0.250. The van der Waals surface area contributed by atoms with E-state index in [9.17, 15) is 4.79 Å². The predicted octanol–water partition coefficient (Wildman–Crippen LogP) is 1.04.